The highest BCUT2D eigenvalue weighted by Gasteiger charge is 2.52. The molecule has 1 aromatic heterocycles. The second kappa shape index (κ2) is 12.1. The maximum Gasteiger partial charge on any atom is 0.164 e. The fourth-order valence-corrected chi connectivity index (χ4v) is 10.4. The SMILES string of the molecule is c1ccc(-c2ccc(-c3nc(-c4ccccc4)nc(-c4ccc5c(c4)C4(c6ccccc6-5)c5ccccc5-c5c4cc4c6c(cccc56)-c5ccccc5-4)n3)cc2)cc1. The molecule has 1 atom stereocenters. The lowest BCUT2D eigenvalue weighted by atomic mass is 9.70. The molecule has 3 aliphatic carbocycles. The Morgan fingerprint density at radius 2 is 0.746 bits per heavy atom. The van der Waals surface area contributed by atoms with Gasteiger partial charge in [0.15, 0.2) is 17.5 Å². The summed E-state index contributed by atoms with van der Waals surface area (Å²) in [6.07, 6.45) is 0. The number of rotatable bonds is 4. The summed E-state index contributed by atoms with van der Waals surface area (Å²) in [6.45, 7) is 0. The van der Waals surface area contributed by atoms with Crippen LogP contribution in [0.25, 0.3) is 101 Å². The molecule has 272 valence electrons. The first-order valence-corrected chi connectivity index (χ1v) is 20.3. The Hall–Kier alpha value is -7.75. The topological polar surface area (TPSA) is 38.7 Å². The molecule has 3 aliphatic rings. The predicted octanol–water partition coefficient (Wildman–Crippen LogP) is 13.7. The van der Waals surface area contributed by atoms with Gasteiger partial charge in [0.25, 0.3) is 0 Å². The summed E-state index contributed by atoms with van der Waals surface area (Å²) < 4.78 is 0. The van der Waals surface area contributed by atoms with E-state index in [4.69, 9.17) is 15.0 Å². The second-order valence-electron chi connectivity index (χ2n) is 15.8. The molecule has 1 spiro atoms. The van der Waals surface area contributed by atoms with Crippen LogP contribution in [0.1, 0.15) is 22.3 Å². The summed E-state index contributed by atoms with van der Waals surface area (Å²) in [6, 6.07) is 72.5. The van der Waals surface area contributed by atoms with E-state index < -0.39 is 5.41 Å². The van der Waals surface area contributed by atoms with E-state index in [-0.39, 0.29) is 0 Å². The van der Waals surface area contributed by atoms with Gasteiger partial charge in [0.05, 0.1) is 5.41 Å². The third-order valence-electron chi connectivity index (χ3n) is 12.9. The second-order valence-corrected chi connectivity index (χ2v) is 15.8. The molecule has 0 N–H and O–H groups in total. The van der Waals surface area contributed by atoms with Crippen molar-refractivity contribution in [2.45, 2.75) is 5.41 Å². The van der Waals surface area contributed by atoms with Crippen molar-refractivity contribution in [2.24, 2.45) is 0 Å². The number of hydrogen-bond acceptors (Lipinski definition) is 3. The standard InChI is InChI=1S/C56H33N3/c1-3-14-34(15-4-1)35-26-28-37(29-27-35)54-57-53(36-16-5-2-6-17-36)58-55(59-54)38-30-31-42-41-20-9-11-24-47(41)56(49(42)32-38)48-25-12-10-21-44(48)52-45-23-13-22-43-39-18-7-8-19-40(39)46(51(43)45)33-50(52)56/h1-33H. The van der Waals surface area contributed by atoms with E-state index in [0.717, 1.165) is 22.3 Å². The predicted molar refractivity (Wildman–Crippen MR) is 240 cm³/mol. The van der Waals surface area contributed by atoms with E-state index in [1.54, 1.807) is 0 Å². The summed E-state index contributed by atoms with van der Waals surface area (Å²) >= 11 is 0. The Kier molecular flexibility index (Phi) is 6.65. The molecular formula is C56H33N3. The van der Waals surface area contributed by atoms with Gasteiger partial charge in [-0.05, 0) is 101 Å². The molecule has 0 saturated heterocycles. The van der Waals surface area contributed by atoms with Gasteiger partial charge in [-0.15, -0.1) is 0 Å². The smallest absolute Gasteiger partial charge is 0.164 e. The van der Waals surface area contributed by atoms with E-state index in [2.05, 4.69) is 176 Å². The van der Waals surface area contributed by atoms with Crippen molar-refractivity contribution in [1.29, 1.82) is 0 Å². The van der Waals surface area contributed by atoms with Crippen molar-refractivity contribution in [2.75, 3.05) is 0 Å². The number of benzene rings is 9. The minimum Gasteiger partial charge on any atom is -0.208 e. The van der Waals surface area contributed by atoms with Gasteiger partial charge in [0.1, 0.15) is 0 Å². The average Bonchev–Trinajstić information content (AvgIpc) is 3.92. The van der Waals surface area contributed by atoms with Crippen molar-refractivity contribution in [1.82, 2.24) is 15.0 Å². The molecule has 1 heterocycles. The summed E-state index contributed by atoms with van der Waals surface area (Å²) in [7, 11) is 0. The van der Waals surface area contributed by atoms with Crippen LogP contribution in [0.15, 0.2) is 200 Å². The van der Waals surface area contributed by atoms with Gasteiger partial charge < -0.3 is 0 Å². The summed E-state index contributed by atoms with van der Waals surface area (Å²) in [5.41, 5.74) is 20.2. The molecule has 0 aliphatic heterocycles. The molecule has 0 radical (unpaired) electrons. The lowest BCUT2D eigenvalue weighted by Crippen LogP contribution is -2.26. The molecule has 13 rings (SSSR count). The minimum atomic E-state index is -0.544. The summed E-state index contributed by atoms with van der Waals surface area (Å²) in [5, 5.41) is 2.66. The van der Waals surface area contributed by atoms with Gasteiger partial charge in [-0.3, -0.25) is 0 Å². The summed E-state index contributed by atoms with van der Waals surface area (Å²) in [4.78, 5) is 15.6. The third kappa shape index (κ3) is 4.44. The van der Waals surface area contributed by atoms with E-state index >= 15 is 0 Å². The number of aromatic nitrogens is 3. The molecule has 0 saturated carbocycles. The molecule has 0 bridgehead atoms. The zero-order valence-electron chi connectivity index (χ0n) is 31.9. The zero-order chi connectivity index (χ0) is 38.7. The van der Waals surface area contributed by atoms with Crippen molar-refractivity contribution in [3.63, 3.8) is 0 Å². The van der Waals surface area contributed by atoms with Crippen LogP contribution in [-0.4, -0.2) is 15.0 Å². The van der Waals surface area contributed by atoms with Crippen molar-refractivity contribution in [3.8, 4) is 89.8 Å². The van der Waals surface area contributed by atoms with Gasteiger partial charge in [-0.2, -0.15) is 0 Å². The van der Waals surface area contributed by atoms with Gasteiger partial charge in [-0.1, -0.05) is 188 Å². The Balaban J connectivity index is 1.06. The zero-order valence-corrected chi connectivity index (χ0v) is 31.9. The minimum absolute atomic E-state index is 0.544. The molecular weight excluding hydrogens is 715 g/mol. The van der Waals surface area contributed by atoms with Gasteiger partial charge >= 0.3 is 0 Å². The lowest BCUT2D eigenvalue weighted by molar-refractivity contribution is 0.795. The van der Waals surface area contributed by atoms with Crippen LogP contribution in [0.5, 0.6) is 0 Å². The van der Waals surface area contributed by atoms with E-state index in [1.807, 2.05) is 24.3 Å². The van der Waals surface area contributed by atoms with Crippen molar-refractivity contribution in [3.05, 3.63) is 222 Å². The maximum atomic E-state index is 5.26. The Morgan fingerprint density at radius 1 is 0.271 bits per heavy atom. The molecule has 9 aromatic carbocycles. The van der Waals surface area contributed by atoms with Crippen LogP contribution >= 0.6 is 0 Å². The van der Waals surface area contributed by atoms with Gasteiger partial charge in [-0.25, -0.2) is 15.0 Å². The Labute approximate surface area is 342 Å². The average molecular weight is 748 g/mol. The maximum absolute atomic E-state index is 5.26. The molecule has 10 aromatic rings. The van der Waals surface area contributed by atoms with Crippen LogP contribution in [0.2, 0.25) is 0 Å². The van der Waals surface area contributed by atoms with E-state index in [0.29, 0.717) is 17.5 Å². The molecule has 0 fully saturated rings. The number of nitrogens with zero attached hydrogens (tertiary/aromatic N) is 3. The molecule has 3 heteroatoms. The monoisotopic (exact) mass is 747 g/mol. The molecule has 0 amide bonds. The summed E-state index contributed by atoms with van der Waals surface area (Å²) in [5.74, 6) is 1.95. The molecule has 1 unspecified atom stereocenters. The van der Waals surface area contributed by atoms with E-state index in [9.17, 15) is 0 Å². The van der Waals surface area contributed by atoms with Crippen LogP contribution < -0.4 is 0 Å². The highest BCUT2D eigenvalue weighted by molar-refractivity contribution is 6.21. The van der Waals surface area contributed by atoms with Crippen LogP contribution in [-0.2, 0) is 5.41 Å². The van der Waals surface area contributed by atoms with E-state index in [1.165, 1.54) is 83.1 Å². The van der Waals surface area contributed by atoms with Gasteiger partial charge in [0.2, 0.25) is 0 Å². The van der Waals surface area contributed by atoms with Gasteiger partial charge in [0, 0.05) is 16.7 Å². The Bertz CT molecular complexity index is 3370. The van der Waals surface area contributed by atoms with Crippen molar-refractivity contribution >= 4 is 10.8 Å². The van der Waals surface area contributed by atoms with Crippen LogP contribution in [0.4, 0.5) is 0 Å². The first-order chi connectivity index (χ1) is 29.3. The quantitative estimate of drug-likeness (QED) is 0.180. The van der Waals surface area contributed by atoms with Crippen molar-refractivity contribution < 1.29 is 0 Å². The van der Waals surface area contributed by atoms with Crippen LogP contribution in [0, 0.1) is 0 Å². The molecule has 3 nitrogen and oxygen atoms in total. The highest BCUT2D eigenvalue weighted by Crippen LogP contribution is 2.65. The largest absolute Gasteiger partial charge is 0.208 e. The number of hydrogen-bond donors (Lipinski definition) is 0. The fraction of sp³-hybridized carbons (Fsp3) is 0.0179. The van der Waals surface area contributed by atoms with Crippen LogP contribution in [0.3, 0.4) is 0 Å². The normalized spacial score (nSPS) is 14.8. The third-order valence-corrected chi connectivity index (χ3v) is 12.9. The lowest BCUT2D eigenvalue weighted by Gasteiger charge is -2.31. The highest BCUT2D eigenvalue weighted by atomic mass is 15.0. The Morgan fingerprint density at radius 3 is 1.46 bits per heavy atom. The number of fused-ring (bicyclic) bond motifs is 14. The fourth-order valence-electron chi connectivity index (χ4n) is 10.4. The molecule has 59 heavy (non-hydrogen) atoms. The first-order valence-electron chi connectivity index (χ1n) is 20.3. The first kappa shape index (κ1) is 32.3.